The highest BCUT2D eigenvalue weighted by molar-refractivity contribution is 6.67. The van der Waals surface area contributed by atoms with Crippen LogP contribution in [-0.2, 0) is 30.1 Å². The summed E-state index contributed by atoms with van der Waals surface area (Å²) in [6.45, 7) is 2.82. The molecular formula is C30H42BN5O6. The summed E-state index contributed by atoms with van der Waals surface area (Å²) in [5, 5.41) is 2.85. The number of quaternary nitrogens is 1. The number of hydrogen-bond acceptors (Lipinski definition) is 9. The third kappa shape index (κ3) is 7.22. The van der Waals surface area contributed by atoms with E-state index in [2.05, 4.69) is 15.3 Å². The van der Waals surface area contributed by atoms with E-state index in [1.165, 1.54) is 18.6 Å². The van der Waals surface area contributed by atoms with E-state index in [0.29, 0.717) is 19.5 Å². The zero-order valence-electron chi connectivity index (χ0n) is 24.6. The van der Waals surface area contributed by atoms with Crippen LogP contribution in [0.4, 0.5) is 0 Å². The molecule has 0 radical (unpaired) electrons. The molecule has 0 saturated carbocycles. The van der Waals surface area contributed by atoms with Gasteiger partial charge in [-0.3, -0.25) is 24.2 Å². The third-order valence-electron chi connectivity index (χ3n) is 8.42. The summed E-state index contributed by atoms with van der Waals surface area (Å²) in [5.74, 6) is -1.98. The monoisotopic (exact) mass is 579 g/mol. The number of Topliss-reactive ketones (excluding diaryl/α,β-unsaturated/α-hetero) is 1. The molecule has 0 aliphatic carbocycles. The maximum atomic E-state index is 14.1. The molecule has 11 nitrogen and oxygen atoms in total. The standard InChI is InChI=1S/C30H42BN5O6/c1-22(2)16-24(31-36(20-28(38)41-31,21-29(39)42-31)15-9-4-3-8-12-32)18-27(37)25(17-23-10-6-5-7-11-23)35-30(40)26-19-33-13-14-34-26/h5-7,10-11,13-14,19,22,24-25H,3-4,8-9,12,15-18,20-21,32H2,1-2H3,(H,35,40)/t24-,25+,31?,36?/m1/s1. The summed E-state index contributed by atoms with van der Waals surface area (Å²) in [7, 11) is 0. The molecule has 12 heteroatoms. The highest BCUT2D eigenvalue weighted by Crippen LogP contribution is 2.47. The number of amides is 1. The van der Waals surface area contributed by atoms with Crippen molar-refractivity contribution >= 4 is 30.3 Å². The number of fused-ring (bicyclic) bond motifs is 1. The Morgan fingerprint density at radius 2 is 1.71 bits per heavy atom. The zero-order chi connectivity index (χ0) is 30.2. The largest absolute Gasteiger partial charge is 0.600 e. The first-order valence-corrected chi connectivity index (χ1v) is 15.0. The van der Waals surface area contributed by atoms with E-state index in [0.717, 1.165) is 31.2 Å². The van der Waals surface area contributed by atoms with Crippen LogP contribution in [0.2, 0.25) is 5.82 Å². The minimum Gasteiger partial charge on any atom is -0.600 e. The maximum absolute atomic E-state index is 14.1. The molecule has 2 atom stereocenters. The van der Waals surface area contributed by atoms with Crippen molar-refractivity contribution in [2.45, 2.75) is 70.7 Å². The predicted octanol–water partition coefficient (Wildman–Crippen LogP) is 2.58. The van der Waals surface area contributed by atoms with E-state index < -0.39 is 36.4 Å². The molecule has 0 bridgehead atoms. The molecule has 3 N–H and O–H groups in total. The van der Waals surface area contributed by atoms with Gasteiger partial charge in [0.2, 0.25) is 0 Å². The van der Waals surface area contributed by atoms with Gasteiger partial charge < -0.3 is 24.8 Å². The number of nitrogens with two attached hydrogens (primary N) is 1. The number of nitrogens with zero attached hydrogens (tertiary/aromatic N) is 3. The van der Waals surface area contributed by atoms with Crippen LogP contribution in [0.3, 0.4) is 0 Å². The van der Waals surface area contributed by atoms with Gasteiger partial charge in [-0.25, -0.2) is 4.98 Å². The molecular weight excluding hydrogens is 537 g/mol. The SMILES string of the molecule is CC(C)C[C@H](CC(=O)[C@H](Cc1ccccc1)NC(=O)c1cnccn1)[B-]12OC(=O)C[N+]1(CCCCCCN)CC(=O)O2. The molecule has 2 saturated heterocycles. The van der Waals surface area contributed by atoms with E-state index in [1.807, 2.05) is 44.2 Å². The van der Waals surface area contributed by atoms with Gasteiger partial charge in [-0.05, 0) is 55.9 Å². The van der Waals surface area contributed by atoms with Gasteiger partial charge in [-0.15, -0.1) is 0 Å². The predicted molar refractivity (Wildman–Crippen MR) is 157 cm³/mol. The number of benzene rings is 1. The van der Waals surface area contributed by atoms with Crippen LogP contribution in [0.1, 0.15) is 68.4 Å². The Kier molecular flexibility index (Phi) is 10.5. The summed E-state index contributed by atoms with van der Waals surface area (Å²) in [5.41, 5.74) is 6.63. The minimum absolute atomic E-state index is 0.0236. The van der Waals surface area contributed by atoms with Gasteiger partial charge >= 0.3 is 18.6 Å². The van der Waals surface area contributed by atoms with Crippen molar-refractivity contribution in [1.82, 2.24) is 15.3 Å². The lowest BCUT2D eigenvalue weighted by Gasteiger charge is -2.47. The fourth-order valence-electron chi connectivity index (χ4n) is 6.58. The van der Waals surface area contributed by atoms with Crippen molar-refractivity contribution in [2.75, 3.05) is 26.2 Å². The Bertz CT molecular complexity index is 1230. The summed E-state index contributed by atoms with van der Waals surface area (Å²) in [6, 6.07) is 8.55. The third-order valence-corrected chi connectivity index (χ3v) is 8.42. The van der Waals surface area contributed by atoms with Gasteiger partial charge in [-0.2, -0.15) is 0 Å². The van der Waals surface area contributed by atoms with Crippen LogP contribution < -0.4 is 11.1 Å². The van der Waals surface area contributed by atoms with Crippen molar-refractivity contribution in [1.29, 1.82) is 0 Å². The highest BCUT2D eigenvalue weighted by atomic mass is 16.7. The van der Waals surface area contributed by atoms with E-state index in [1.54, 1.807) is 0 Å². The van der Waals surface area contributed by atoms with Crippen molar-refractivity contribution in [3.8, 4) is 0 Å². The van der Waals surface area contributed by atoms with Crippen molar-refractivity contribution in [2.24, 2.45) is 11.7 Å². The van der Waals surface area contributed by atoms with Crippen LogP contribution >= 0.6 is 0 Å². The van der Waals surface area contributed by atoms with Crippen LogP contribution in [-0.4, -0.2) is 76.9 Å². The van der Waals surface area contributed by atoms with Crippen molar-refractivity contribution < 1.29 is 32.9 Å². The second-order valence-corrected chi connectivity index (χ2v) is 12.0. The maximum Gasteiger partial charge on any atom is 0.587 e. The van der Waals surface area contributed by atoms with Crippen LogP contribution in [0, 0.1) is 5.92 Å². The Balaban J connectivity index is 1.62. The Labute approximate surface area is 247 Å². The van der Waals surface area contributed by atoms with Crippen molar-refractivity contribution in [3.63, 3.8) is 0 Å². The smallest absolute Gasteiger partial charge is 0.587 e. The summed E-state index contributed by atoms with van der Waals surface area (Å²) >= 11 is 0. The highest BCUT2D eigenvalue weighted by Gasteiger charge is 2.70. The first-order chi connectivity index (χ1) is 20.2. The van der Waals surface area contributed by atoms with E-state index in [9.17, 15) is 19.2 Å². The average Bonchev–Trinajstić information content (AvgIpc) is 3.38. The lowest BCUT2D eigenvalue weighted by atomic mass is 9.51. The molecule has 2 aliphatic rings. The molecule has 2 aromatic rings. The molecule has 226 valence electrons. The topological polar surface area (TPSA) is 151 Å². The first kappa shape index (κ1) is 31.3. The Morgan fingerprint density at radius 1 is 1.02 bits per heavy atom. The average molecular weight is 580 g/mol. The van der Waals surface area contributed by atoms with Gasteiger partial charge in [0.25, 0.3) is 5.91 Å². The number of nitrogens with one attached hydrogen (secondary N) is 1. The van der Waals surface area contributed by atoms with Gasteiger partial charge in [0.15, 0.2) is 5.78 Å². The quantitative estimate of drug-likeness (QED) is 0.226. The molecule has 0 unspecified atom stereocenters. The van der Waals surface area contributed by atoms with Crippen LogP contribution in [0.25, 0.3) is 0 Å². The fourth-order valence-corrected chi connectivity index (χ4v) is 6.58. The minimum atomic E-state index is -2.48. The number of hydrogen-bond donors (Lipinski definition) is 2. The molecule has 4 rings (SSSR count). The van der Waals surface area contributed by atoms with Crippen LogP contribution in [0.5, 0.6) is 0 Å². The molecule has 1 aromatic carbocycles. The van der Waals surface area contributed by atoms with Crippen molar-refractivity contribution in [3.05, 3.63) is 60.2 Å². The number of aromatic nitrogens is 2. The number of carbonyl (C=O) groups is 4. The van der Waals surface area contributed by atoms with Crippen LogP contribution in [0.15, 0.2) is 48.9 Å². The van der Waals surface area contributed by atoms with E-state index in [-0.39, 0.29) is 47.7 Å². The summed E-state index contributed by atoms with van der Waals surface area (Å²) < 4.78 is 12.1. The molecule has 42 heavy (non-hydrogen) atoms. The van der Waals surface area contributed by atoms with E-state index >= 15 is 0 Å². The second-order valence-electron chi connectivity index (χ2n) is 12.0. The lowest BCUT2D eigenvalue weighted by molar-refractivity contribution is -0.816. The van der Waals surface area contributed by atoms with Gasteiger partial charge in [0.05, 0.1) is 12.2 Å². The Morgan fingerprint density at radius 3 is 2.33 bits per heavy atom. The van der Waals surface area contributed by atoms with Gasteiger partial charge in [-0.1, -0.05) is 57.0 Å². The van der Waals surface area contributed by atoms with E-state index in [4.69, 9.17) is 15.0 Å². The Hall–Kier alpha value is -3.64. The summed E-state index contributed by atoms with van der Waals surface area (Å²) in [6.07, 6.45) is 8.54. The fraction of sp³-hybridized carbons (Fsp3) is 0.533. The number of carbonyl (C=O) groups excluding carboxylic acids is 4. The lowest BCUT2D eigenvalue weighted by Crippen LogP contribution is -2.66. The van der Waals surface area contributed by atoms with Gasteiger partial charge in [0, 0.05) is 18.9 Å². The number of ketones is 1. The molecule has 1 aromatic heterocycles. The first-order valence-electron chi connectivity index (χ1n) is 15.0. The normalized spacial score (nSPS) is 22.8. The molecule has 2 fully saturated rings. The molecule has 2 aliphatic heterocycles. The zero-order valence-corrected chi connectivity index (χ0v) is 24.6. The molecule has 1 amide bonds. The van der Waals surface area contributed by atoms with Gasteiger partial charge in [0.1, 0.15) is 18.8 Å². The molecule has 0 spiro atoms. The number of rotatable bonds is 16. The molecule has 3 heterocycles. The number of unbranched alkanes of at least 4 members (excludes halogenated alkanes) is 3. The second kappa shape index (κ2) is 14.0. The summed E-state index contributed by atoms with van der Waals surface area (Å²) in [4.78, 5) is 61.0.